The number of hydrogen-bond acceptors (Lipinski definition) is 3. The highest BCUT2D eigenvalue weighted by atomic mass is 16.2. The third kappa shape index (κ3) is 2.89. The molecule has 0 N–H and O–H groups in total. The molecule has 3 rings (SSSR count). The van der Waals surface area contributed by atoms with Crippen molar-refractivity contribution in [3.63, 3.8) is 0 Å². The maximum Gasteiger partial charge on any atom is 0.276 e. The van der Waals surface area contributed by atoms with Crippen molar-refractivity contribution in [1.29, 1.82) is 0 Å². The highest BCUT2D eigenvalue weighted by Crippen LogP contribution is 2.22. The van der Waals surface area contributed by atoms with Crippen LogP contribution in [-0.4, -0.2) is 38.9 Å². The Balaban J connectivity index is 1.86. The van der Waals surface area contributed by atoms with E-state index in [1.54, 1.807) is 4.80 Å². The first-order chi connectivity index (χ1) is 10.5. The van der Waals surface area contributed by atoms with Gasteiger partial charge in [-0.3, -0.25) is 4.79 Å². The monoisotopic (exact) mass is 298 g/mol. The van der Waals surface area contributed by atoms with Gasteiger partial charge in [-0.25, -0.2) is 0 Å². The molecule has 0 spiro atoms. The summed E-state index contributed by atoms with van der Waals surface area (Å²) in [4.78, 5) is 16.2. The van der Waals surface area contributed by atoms with Crippen molar-refractivity contribution in [1.82, 2.24) is 19.9 Å². The third-order valence-corrected chi connectivity index (χ3v) is 4.13. The van der Waals surface area contributed by atoms with E-state index in [-0.39, 0.29) is 5.91 Å². The topological polar surface area (TPSA) is 51.0 Å². The van der Waals surface area contributed by atoms with E-state index in [4.69, 9.17) is 0 Å². The summed E-state index contributed by atoms with van der Waals surface area (Å²) < 4.78 is 0. The Morgan fingerprint density at radius 3 is 2.36 bits per heavy atom. The number of piperidine rings is 1. The summed E-state index contributed by atoms with van der Waals surface area (Å²) in [6.45, 7) is 7.85. The molecule has 1 aliphatic rings. The van der Waals surface area contributed by atoms with Crippen molar-refractivity contribution in [2.45, 2.75) is 27.2 Å². The van der Waals surface area contributed by atoms with E-state index in [0.717, 1.165) is 18.8 Å². The van der Waals surface area contributed by atoms with E-state index in [1.807, 2.05) is 42.2 Å². The second-order valence-corrected chi connectivity index (χ2v) is 6.42. The predicted molar refractivity (Wildman–Crippen MR) is 84.9 cm³/mol. The van der Waals surface area contributed by atoms with Crippen molar-refractivity contribution in [3.8, 4) is 5.69 Å². The van der Waals surface area contributed by atoms with Crippen LogP contribution in [0, 0.1) is 18.8 Å². The largest absolute Gasteiger partial charge is 0.337 e. The van der Waals surface area contributed by atoms with Gasteiger partial charge in [-0.2, -0.15) is 9.90 Å². The number of likely N-dealkylation sites (tertiary alicyclic amines) is 1. The molecule has 2 aromatic rings. The predicted octanol–water partition coefficient (Wildman–Crippen LogP) is 2.69. The summed E-state index contributed by atoms with van der Waals surface area (Å²) >= 11 is 0. The van der Waals surface area contributed by atoms with Gasteiger partial charge < -0.3 is 4.90 Å². The summed E-state index contributed by atoms with van der Waals surface area (Å²) in [5.74, 6) is 1.08. The van der Waals surface area contributed by atoms with Crippen LogP contribution in [0.5, 0.6) is 0 Å². The average Bonchev–Trinajstić information content (AvgIpc) is 2.88. The minimum atomic E-state index is -0.00178. The van der Waals surface area contributed by atoms with Crippen LogP contribution in [-0.2, 0) is 0 Å². The highest BCUT2D eigenvalue weighted by Gasteiger charge is 2.29. The fourth-order valence-corrected chi connectivity index (χ4v) is 3.23. The molecule has 0 radical (unpaired) electrons. The molecule has 5 heteroatoms. The Morgan fingerprint density at radius 2 is 1.73 bits per heavy atom. The maximum absolute atomic E-state index is 12.8. The number of carbonyl (C=O) groups is 1. The third-order valence-electron chi connectivity index (χ3n) is 4.13. The second-order valence-electron chi connectivity index (χ2n) is 6.42. The summed E-state index contributed by atoms with van der Waals surface area (Å²) in [6, 6.07) is 9.67. The lowest BCUT2D eigenvalue weighted by Crippen LogP contribution is -2.43. The molecule has 2 atom stereocenters. The Bertz CT molecular complexity index is 655. The smallest absolute Gasteiger partial charge is 0.276 e. The van der Waals surface area contributed by atoms with E-state index in [9.17, 15) is 4.79 Å². The van der Waals surface area contributed by atoms with E-state index in [2.05, 4.69) is 24.0 Å². The first kappa shape index (κ1) is 14.8. The molecule has 1 aromatic carbocycles. The number of amides is 1. The molecule has 1 fully saturated rings. The van der Waals surface area contributed by atoms with E-state index in [0.29, 0.717) is 23.2 Å². The van der Waals surface area contributed by atoms with Crippen molar-refractivity contribution in [2.75, 3.05) is 13.1 Å². The quantitative estimate of drug-likeness (QED) is 0.856. The zero-order valence-corrected chi connectivity index (χ0v) is 13.4. The zero-order valence-electron chi connectivity index (χ0n) is 13.4. The van der Waals surface area contributed by atoms with Gasteiger partial charge in [-0.05, 0) is 37.3 Å². The molecular weight excluding hydrogens is 276 g/mol. The first-order valence-electron chi connectivity index (χ1n) is 7.83. The lowest BCUT2D eigenvalue weighted by Gasteiger charge is -2.34. The first-order valence-corrected chi connectivity index (χ1v) is 7.83. The summed E-state index contributed by atoms with van der Waals surface area (Å²) in [7, 11) is 0. The molecule has 1 aromatic heterocycles. The SMILES string of the molecule is Cc1nn(-c2ccccc2)nc1C(=O)N1C[C@H](C)C[C@H](C)C1. The molecule has 0 saturated carbocycles. The number of carbonyl (C=O) groups excluding carboxylic acids is 1. The summed E-state index contributed by atoms with van der Waals surface area (Å²) in [5.41, 5.74) is 2.01. The fourth-order valence-electron chi connectivity index (χ4n) is 3.23. The molecular formula is C17H22N4O. The van der Waals surface area contributed by atoms with Crippen LogP contribution < -0.4 is 0 Å². The van der Waals surface area contributed by atoms with Gasteiger partial charge in [-0.15, -0.1) is 5.10 Å². The number of nitrogens with zero attached hydrogens (tertiary/aromatic N) is 4. The number of hydrogen-bond donors (Lipinski definition) is 0. The molecule has 0 bridgehead atoms. The maximum atomic E-state index is 12.8. The molecule has 0 unspecified atom stereocenters. The van der Waals surface area contributed by atoms with Gasteiger partial charge in [0.1, 0.15) is 0 Å². The van der Waals surface area contributed by atoms with Gasteiger partial charge in [-0.1, -0.05) is 32.0 Å². The van der Waals surface area contributed by atoms with Crippen LogP contribution in [0.2, 0.25) is 0 Å². The number of benzene rings is 1. The minimum Gasteiger partial charge on any atom is -0.337 e. The van der Waals surface area contributed by atoms with Gasteiger partial charge >= 0.3 is 0 Å². The molecule has 0 aliphatic carbocycles. The normalized spacial score (nSPS) is 21.9. The van der Waals surface area contributed by atoms with Gasteiger partial charge in [0.15, 0.2) is 5.69 Å². The summed E-state index contributed by atoms with van der Waals surface area (Å²) in [6.07, 6.45) is 1.18. The van der Waals surface area contributed by atoms with Crippen LogP contribution in [0.1, 0.15) is 36.5 Å². The molecule has 22 heavy (non-hydrogen) atoms. The minimum absolute atomic E-state index is 0.00178. The molecule has 1 aliphatic heterocycles. The van der Waals surface area contributed by atoms with E-state index in [1.165, 1.54) is 6.42 Å². The molecule has 1 amide bonds. The van der Waals surface area contributed by atoms with Crippen LogP contribution in [0.25, 0.3) is 5.69 Å². The van der Waals surface area contributed by atoms with E-state index < -0.39 is 0 Å². The Kier molecular flexibility index (Phi) is 3.96. The molecule has 5 nitrogen and oxygen atoms in total. The lowest BCUT2D eigenvalue weighted by atomic mass is 9.92. The Morgan fingerprint density at radius 1 is 1.09 bits per heavy atom. The highest BCUT2D eigenvalue weighted by molar-refractivity contribution is 5.93. The van der Waals surface area contributed by atoms with Crippen LogP contribution in [0.15, 0.2) is 30.3 Å². The Labute approximate surface area is 130 Å². The van der Waals surface area contributed by atoms with Crippen LogP contribution >= 0.6 is 0 Å². The Hall–Kier alpha value is -2.17. The van der Waals surface area contributed by atoms with E-state index >= 15 is 0 Å². The van der Waals surface area contributed by atoms with Gasteiger partial charge in [0.05, 0.1) is 11.4 Å². The zero-order chi connectivity index (χ0) is 15.7. The van der Waals surface area contributed by atoms with Crippen molar-refractivity contribution < 1.29 is 4.79 Å². The number of para-hydroxylation sites is 1. The fraction of sp³-hybridized carbons (Fsp3) is 0.471. The van der Waals surface area contributed by atoms with Gasteiger partial charge in [0.2, 0.25) is 0 Å². The average molecular weight is 298 g/mol. The molecule has 116 valence electrons. The second kappa shape index (κ2) is 5.91. The van der Waals surface area contributed by atoms with Crippen molar-refractivity contribution in [2.24, 2.45) is 11.8 Å². The summed E-state index contributed by atoms with van der Waals surface area (Å²) in [5, 5.41) is 8.81. The van der Waals surface area contributed by atoms with Crippen molar-refractivity contribution in [3.05, 3.63) is 41.7 Å². The number of aromatic nitrogens is 3. The molecule has 2 heterocycles. The number of rotatable bonds is 2. The standard InChI is InChI=1S/C17H22N4O/c1-12-9-13(2)11-20(10-12)17(22)16-14(3)18-21(19-16)15-7-5-4-6-8-15/h4-8,12-13H,9-11H2,1-3H3/t12-,13+. The van der Waals surface area contributed by atoms with Crippen LogP contribution in [0.4, 0.5) is 0 Å². The van der Waals surface area contributed by atoms with Crippen LogP contribution in [0.3, 0.4) is 0 Å². The van der Waals surface area contributed by atoms with Gasteiger partial charge in [0, 0.05) is 13.1 Å². The van der Waals surface area contributed by atoms with Crippen molar-refractivity contribution >= 4 is 5.91 Å². The number of aryl methyl sites for hydroxylation is 1. The molecule has 1 saturated heterocycles. The lowest BCUT2D eigenvalue weighted by molar-refractivity contribution is 0.0616. The van der Waals surface area contributed by atoms with Gasteiger partial charge in [0.25, 0.3) is 5.91 Å².